The van der Waals surface area contributed by atoms with E-state index in [4.69, 9.17) is 0 Å². The number of hydrogen-bond donors (Lipinski definition) is 1. The maximum atomic E-state index is 12.2. The Morgan fingerprint density at radius 2 is 2.40 bits per heavy atom. The molecule has 1 fully saturated rings. The standard InChI is InChI=1S/C12H19N5O3/c1-9-7-13-4-6-16(9)12(18)3-5-15-8-11(17(19)20)14-10(15)2/h8-9,13H,3-7H2,1-2H3. The summed E-state index contributed by atoms with van der Waals surface area (Å²) in [6.07, 6.45) is 1.71. The Balaban J connectivity index is 1.94. The van der Waals surface area contributed by atoms with Gasteiger partial charge in [0, 0.05) is 45.6 Å². The highest BCUT2D eigenvalue weighted by Gasteiger charge is 2.23. The normalized spacial score (nSPS) is 19.1. The Bertz CT molecular complexity index is 513. The van der Waals surface area contributed by atoms with Crippen LogP contribution in [0.15, 0.2) is 6.20 Å². The molecule has 1 aromatic heterocycles. The van der Waals surface area contributed by atoms with Crippen molar-refractivity contribution >= 4 is 11.7 Å². The molecule has 8 nitrogen and oxygen atoms in total. The smallest absolute Gasteiger partial charge is 0.358 e. The number of nitrogens with zero attached hydrogens (tertiary/aromatic N) is 4. The molecule has 1 N–H and O–H groups in total. The first-order chi connectivity index (χ1) is 9.49. The minimum Gasteiger partial charge on any atom is -0.358 e. The second kappa shape index (κ2) is 6.00. The summed E-state index contributed by atoms with van der Waals surface area (Å²) >= 11 is 0. The van der Waals surface area contributed by atoms with Crippen molar-refractivity contribution in [1.29, 1.82) is 0 Å². The summed E-state index contributed by atoms with van der Waals surface area (Å²) in [6, 6.07) is 0.189. The lowest BCUT2D eigenvalue weighted by Gasteiger charge is -2.34. The van der Waals surface area contributed by atoms with Gasteiger partial charge in [0.2, 0.25) is 11.7 Å². The number of aryl methyl sites for hydroxylation is 2. The summed E-state index contributed by atoms with van der Waals surface area (Å²) in [5, 5.41) is 13.9. The number of nitrogens with one attached hydrogen (secondary N) is 1. The minimum atomic E-state index is -0.524. The van der Waals surface area contributed by atoms with E-state index in [1.165, 1.54) is 6.20 Å². The van der Waals surface area contributed by atoms with Crippen LogP contribution in [0.3, 0.4) is 0 Å². The molecular weight excluding hydrogens is 262 g/mol. The molecule has 8 heteroatoms. The van der Waals surface area contributed by atoms with Crippen molar-refractivity contribution in [3.8, 4) is 0 Å². The molecule has 0 saturated carbocycles. The summed E-state index contributed by atoms with van der Waals surface area (Å²) in [5.74, 6) is 0.457. The van der Waals surface area contributed by atoms with E-state index >= 15 is 0 Å². The van der Waals surface area contributed by atoms with E-state index in [0.717, 1.165) is 13.1 Å². The predicted octanol–water partition coefficient (Wildman–Crippen LogP) is 0.310. The van der Waals surface area contributed by atoms with E-state index in [1.807, 2.05) is 11.8 Å². The molecule has 1 aromatic rings. The zero-order chi connectivity index (χ0) is 14.7. The summed E-state index contributed by atoms with van der Waals surface area (Å²) in [5.41, 5.74) is 0. The number of amides is 1. The third-order valence-electron chi connectivity index (χ3n) is 3.54. The molecule has 0 aromatic carbocycles. The zero-order valence-corrected chi connectivity index (χ0v) is 11.7. The second-order valence-corrected chi connectivity index (χ2v) is 4.99. The molecule has 1 amide bonds. The molecule has 1 atom stereocenters. The lowest BCUT2D eigenvalue weighted by Crippen LogP contribution is -2.52. The molecule has 1 aliphatic heterocycles. The van der Waals surface area contributed by atoms with Crippen LogP contribution in [0.5, 0.6) is 0 Å². The van der Waals surface area contributed by atoms with Gasteiger partial charge in [-0.15, -0.1) is 0 Å². The highest BCUT2D eigenvalue weighted by Crippen LogP contribution is 2.12. The van der Waals surface area contributed by atoms with E-state index in [2.05, 4.69) is 10.3 Å². The number of imidazole rings is 1. The molecule has 2 rings (SSSR count). The SMILES string of the molecule is Cc1nc([N+](=O)[O-])cn1CCC(=O)N1CCNCC1C. The van der Waals surface area contributed by atoms with Gasteiger partial charge in [-0.3, -0.25) is 4.79 Å². The van der Waals surface area contributed by atoms with Gasteiger partial charge in [0.15, 0.2) is 0 Å². The molecule has 0 radical (unpaired) electrons. The van der Waals surface area contributed by atoms with Crippen LogP contribution in [0.4, 0.5) is 5.82 Å². The van der Waals surface area contributed by atoms with E-state index in [-0.39, 0.29) is 17.8 Å². The third kappa shape index (κ3) is 3.13. The molecule has 0 bridgehead atoms. The van der Waals surface area contributed by atoms with Crippen LogP contribution >= 0.6 is 0 Å². The summed E-state index contributed by atoms with van der Waals surface area (Å²) in [6.45, 7) is 6.46. The number of piperazine rings is 1. The highest BCUT2D eigenvalue weighted by molar-refractivity contribution is 5.76. The second-order valence-electron chi connectivity index (χ2n) is 4.99. The monoisotopic (exact) mass is 281 g/mol. The molecule has 1 saturated heterocycles. The van der Waals surface area contributed by atoms with Crippen LogP contribution in [-0.2, 0) is 11.3 Å². The minimum absolute atomic E-state index is 0.0785. The molecule has 1 unspecified atom stereocenters. The Kier molecular flexibility index (Phi) is 4.33. The van der Waals surface area contributed by atoms with Gasteiger partial charge in [-0.1, -0.05) is 0 Å². The van der Waals surface area contributed by atoms with E-state index in [9.17, 15) is 14.9 Å². The first-order valence-corrected chi connectivity index (χ1v) is 6.67. The number of rotatable bonds is 4. The van der Waals surface area contributed by atoms with Crippen LogP contribution in [0.1, 0.15) is 19.2 Å². The molecule has 20 heavy (non-hydrogen) atoms. The largest absolute Gasteiger partial charge is 0.381 e. The fourth-order valence-corrected chi connectivity index (χ4v) is 2.38. The topological polar surface area (TPSA) is 93.3 Å². The van der Waals surface area contributed by atoms with Crippen molar-refractivity contribution in [1.82, 2.24) is 19.8 Å². The third-order valence-corrected chi connectivity index (χ3v) is 3.54. The van der Waals surface area contributed by atoms with Gasteiger partial charge in [-0.25, -0.2) is 0 Å². The number of carbonyl (C=O) groups is 1. The van der Waals surface area contributed by atoms with Crippen LogP contribution in [0.2, 0.25) is 0 Å². The Hall–Kier alpha value is -1.96. The molecular formula is C12H19N5O3. The first-order valence-electron chi connectivity index (χ1n) is 6.67. The Morgan fingerprint density at radius 1 is 1.65 bits per heavy atom. The highest BCUT2D eigenvalue weighted by atomic mass is 16.6. The van der Waals surface area contributed by atoms with Crippen LogP contribution in [-0.4, -0.2) is 51.0 Å². The maximum absolute atomic E-state index is 12.2. The lowest BCUT2D eigenvalue weighted by atomic mass is 10.2. The van der Waals surface area contributed by atoms with Crippen molar-refractivity contribution in [3.63, 3.8) is 0 Å². The van der Waals surface area contributed by atoms with Crippen molar-refractivity contribution in [2.45, 2.75) is 32.9 Å². The molecule has 0 spiro atoms. The average Bonchev–Trinajstić information content (AvgIpc) is 2.78. The van der Waals surface area contributed by atoms with Crippen molar-refractivity contribution in [2.75, 3.05) is 19.6 Å². The van der Waals surface area contributed by atoms with Gasteiger partial charge in [-0.2, -0.15) is 0 Å². The zero-order valence-electron chi connectivity index (χ0n) is 11.7. The Morgan fingerprint density at radius 3 is 3.00 bits per heavy atom. The summed E-state index contributed by atoms with van der Waals surface area (Å²) in [4.78, 5) is 28.0. The van der Waals surface area contributed by atoms with Gasteiger partial charge in [0.05, 0.1) is 0 Å². The van der Waals surface area contributed by atoms with E-state index in [0.29, 0.717) is 25.3 Å². The Labute approximate surface area is 116 Å². The molecule has 110 valence electrons. The number of aromatic nitrogens is 2. The van der Waals surface area contributed by atoms with Gasteiger partial charge in [0.1, 0.15) is 6.20 Å². The lowest BCUT2D eigenvalue weighted by molar-refractivity contribution is -0.389. The first kappa shape index (κ1) is 14.4. The fourth-order valence-electron chi connectivity index (χ4n) is 2.38. The summed E-state index contributed by atoms with van der Waals surface area (Å²) < 4.78 is 1.66. The van der Waals surface area contributed by atoms with Crippen LogP contribution < -0.4 is 5.32 Å². The van der Waals surface area contributed by atoms with E-state index in [1.54, 1.807) is 11.5 Å². The number of carbonyl (C=O) groups excluding carboxylic acids is 1. The predicted molar refractivity (Wildman–Crippen MR) is 72.3 cm³/mol. The average molecular weight is 281 g/mol. The van der Waals surface area contributed by atoms with Gasteiger partial charge in [0.25, 0.3) is 0 Å². The van der Waals surface area contributed by atoms with Crippen LogP contribution in [0.25, 0.3) is 0 Å². The number of hydrogen-bond acceptors (Lipinski definition) is 5. The quantitative estimate of drug-likeness (QED) is 0.633. The van der Waals surface area contributed by atoms with Crippen molar-refractivity contribution < 1.29 is 9.72 Å². The van der Waals surface area contributed by atoms with Crippen LogP contribution in [0, 0.1) is 17.0 Å². The molecule has 0 aliphatic carbocycles. The summed E-state index contributed by atoms with van der Waals surface area (Å²) in [7, 11) is 0. The van der Waals surface area contributed by atoms with Gasteiger partial charge in [-0.05, 0) is 16.8 Å². The van der Waals surface area contributed by atoms with Gasteiger partial charge >= 0.3 is 5.82 Å². The van der Waals surface area contributed by atoms with Crippen molar-refractivity contribution in [3.05, 3.63) is 22.1 Å². The fraction of sp³-hybridized carbons (Fsp3) is 0.667. The molecule has 2 heterocycles. The molecule has 1 aliphatic rings. The van der Waals surface area contributed by atoms with Crippen molar-refractivity contribution in [2.24, 2.45) is 0 Å². The number of nitro groups is 1. The van der Waals surface area contributed by atoms with E-state index < -0.39 is 4.92 Å². The maximum Gasteiger partial charge on any atom is 0.381 e. The van der Waals surface area contributed by atoms with Gasteiger partial charge < -0.3 is 24.9 Å².